The van der Waals surface area contributed by atoms with E-state index in [0.717, 1.165) is 11.5 Å². The Hall–Kier alpha value is -1.70. The third kappa shape index (κ3) is 6.14. The first-order valence-electron chi connectivity index (χ1n) is 5.40. The van der Waals surface area contributed by atoms with Gasteiger partial charge in [-0.05, 0) is 20.8 Å². The zero-order valence-corrected chi connectivity index (χ0v) is 11.3. The van der Waals surface area contributed by atoms with Crippen LogP contribution in [0.5, 0.6) is 0 Å². The van der Waals surface area contributed by atoms with Gasteiger partial charge in [-0.15, -0.1) is 0 Å². The third-order valence-electron chi connectivity index (χ3n) is 1.63. The molecule has 0 bridgehead atoms. The van der Waals surface area contributed by atoms with Crippen molar-refractivity contribution >= 4 is 28.7 Å². The molecule has 0 saturated carbocycles. The van der Waals surface area contributed by atoms with Crippen molar-refractivity contribution in [1.29, 1.82) is 0 Å². The number of nitrogens with zero attached hydrogens (tertiary/aromatic N) is 2. The van der Waals surface area contributed by atoms with Crippen LogP contribution in [0.2, 0.25) is 0 Å². The molecule has 2 N–H and O–H groups in total. The van der Waals surface area contributed by atoms with Gasteiger partial charge in [-0.2, -0.15) is 4.37 Å². The predicted molar refractivity (Wildman–Crippen MR) is 67.4 cm³/mol. The number of carbonyl (C=O) groups excluding carboxylic acids is 2. The fourth-order valence-electron chi connectivity index (χ4n) is 1.00. The lowest BCUT2D eigenvalue weighted by Crippen LogP contribution is -2.34. The summed E-state index contributed by atoms with van der Waals surface area (Å²) in [5.41, 5.74) is -0.543. The number of amides is 2. The molecule has 0 spiro atoms. The molecule has 7 nitrogen and oxygen atoms in total. The Morgan fingerprint density at radius 1 is 1.44 bits per heavy atom. The maximum absolute atomic E-state index is 11.4. The fraction of sp³-hybridized carbons (Fsp3) is 0.600. The maximum Gasteiger partial charge on any atom is 0.407 e. The Balaban J connectivity index is 2.18. The molecule has 1 heterocycles. The smallest absolute Gasteiger partial charge is 0.407 e. The summed E-state index contributed by atoms with van der Waals surface area (Å²) in [6.45, 7) is 5.53. The fourth-order valence-corrected chi connectivity index (χ4v) is 1.45. The van der Waals surface area contributed by atoms with Crippen molar-refractivity contribution in [1.82, 2.24) is 14.7 Å². The molecule has 1 aromatic rings. The molecule has 0 unspecified atom stereocenters. The van der Waals surface area contributed by atoms with Crippen LogP contribution in [0.3, 0.4) is 0 Å². The van der Waals surface area contributed by atoms with Crippen molar-refractivity contribution in [2.24, 2.45) is 0 Å². The van der Waals surface area contributed by atoms with Gasteiger partial charge in [0.2, 0.25) is 11.0 Å². The van der Waals surface area contributed by atoms with Gasteiger partial charge in [0.25, 0.3) is 0 Å². The number of aromatic nitrogens is 2. The molecular weight excluding hydrogens is 256 g/mol. The van der Waals surface area contributed by atoms with E-state index in [9.17, 15) is 9.59 Å². The van der Waals surface area contributed by atoms with Crippen LogP contribution < -0.4 is 10.6 Å². The molecule has 100 valence electrons. The lowest BCUT2D eigenvalue weighted by Gasteiger charge is -2.19. The lowest BCUT2D eigenvalue weighted by atomic mass is 10.2. The number of hydrogen-bond acceptors (Lipinski definition) is 6. The van der Waals surface area contributed by atoms with Gasteiger partial charge in [0.1, 0.15) is 11.9 Å². The summed E-state index contributed by atoms with van der Waals surface area (Å²) >= 11 is 1.09. The second kappa shape index (κ2) is 6.29. The molecule has 2 amide bonds. The highest BCUT2D eigenvalue weighted by molar-refractivity contribution is 7.09. The van der Waals surface area contributed by atoms with E-state index in [1.54, 1.807) is 20.8 Å². The largest absolute Gasteiger partial charge is 0.444 e. The van der Waals surface area contributed by atoms with Crippen molar-refractivity contribution < 1.29 is 14.3 Å². The number of nitrogens with one attached hydrogen (secondary N) is 2. The van der Waals surface area contributed by atoms with Gasteiger partial charge in [-0.25, -0.2) is 9.78 Å². The minimum absolute atomic E-state index is 0.152. The molecule has 0 atom stereocenters. The average molecular weight is 272 g/mol. The minimum Gasteiger partial charge on any atom is -0.444 e. The molecule has 0 radical (unpaired) electrons. The normalized spacial score (nSPS) is 10.8. The van der Waals surface area contributed by atoms with Crippen LogP contribution in [-0.4, -0.2) is 33.5 Å². The van der Waals surface area contributed by atoms with Crippen molar-refractivity contribution in [2.45, 2.75) is 32.8 Å². The summed E-state index contributed by atoms with van der Waals surface area (Å²) in [6, 6.07) is 0. The van der Waals surface area contributed by atoms with Gasteiger partial charge in [0.05, 0.1) is 0 Å². The summed E-state index contributed by atoms with van der Waals surface area (Å²) in [7, 11) is 0. The SMILES string of the molecule is CC(C)(C)OC(=O)NCCC(=O)Nc1ncns1. The Bertz CT molecular complexity index is 400. The van der Waals surface area contributed by atoms with E-state index in [2.05, 4.69) is 20.0 Å². The molecule has 0 aliphatic heterocycles. The van der Waals surface area contributed by atoms with Crippen LogP contribution in [0.4, 0.5) is 9.93 Å². The van der Waals surface area contributed by atoms with Gasteiger partial charge in [0, 0.05) is 24.5 Å². The van der Waals surface area contributed by atoms with Crippen LogP contribution in [0, 0.1) is 0 Å². The number of rotatable bonds is 4. The standard InChI is InChI=1S/C10H16N4O3S/c1-10(2,3)17-9(16)11-5-4-7(15)14-8-12-6-13-18-8/h6H,4-5H2,1-3H3,(H,11,16)(H,12,13,14,15). The van der Waals surface area contributed by atoms with Gasteiger partial charge < -0.3 is 15.4 Å². The number of anilines is 1. The quantitative estimate of drug-likeness (QED) is 0.864. The molecule has 0 fully saturated rings. The van der Waals surface area contributed by atoms with E-state index < -0.39 is 11.7 Å². The van der Waals surface area contributed by atoms with Gasteiger partial charge in [-0.3, -0.25) is 4.79 Å². The Morgan fingerprint density at radius 3 is 2.72 bits per heavy atom. The molecule has 0 saturated heterocycles. The van der Waals surface area contributed by atoms with E-state index in [1.807, 2.05) is 0 Å². The zero-order valence-electron chi connectivity index (χ0n) is 10.5. The monoisotopic (exact) mass is 272 g/mol. The zero-order chi connectivity index (χ0) is 13.6. The van der Waals surface area contributed by atoms with Crippen LogP contribution >= 0.6 is 11.5 Å². The molecule has 0 aliphatic rings. The predicted octanol–water partition coefficient (Wildman–Crippen LogP) is 1.39. The highest BCUT2D eigenvalue weighted by Crippen LogP contribution is 2.07. The molecular formula is C10H16N4O3S. The summed E-state index contributed by atoms with van der Waals surface area (Å²) in [4.78, 5) is 26.5. The maximum atomic E-state index is 11.4. The molecule has 0 aromatic carbocycles. The van der Waals surface area contributed by atoms with E-state index >= 15 is 0 Å². The Morgan fingerprint density at radius 2 is 2.17 bits per heavy atom. The first-order chi connectivity index (χ1) is 8.37. The van der Waals surface area contributed by atoms with Crippen molar-refractivity contribution in [3.63, 3.8) is 0 Å². The van der Waals surface area contributed by atoms with Crippen molar-refractivity contribution in [2.75, 3.05) is 11.9 Å². The average Bonchev–Trinajstić information content (AvgIpc) is 2.67. The number of alkyl carbamates (subject to hydrolysis) is 1. The van der Waals surface area contributed by atoms with Gasteiger partial charge in [-0.1, -0.05) is 0 Å². The van der Waals surface area contributed by atoms with Crippen LogP contribution in [0.15, 0.2) is 6.33 Å². The topological polar surface area (TPSA) is 93.2 Å². The van der Waals surface area contributed by atoms with Crippen LogP contribution in [0.25, 0.3) is 0 Å². The summed E-state index contributed by atoms with van der Waals surface area (Å²) in [5.74, 6) is -0.234. The number of ether oxygens (including phenoxy) is 1. The van der Waals surface area contributed by atoms with E-state index in [4.69, 9.17) is 4.74 Å². The molecule has 1 aromatic heterocycles. The van der Waals surface area contributed by atoms with Crippen molar-refractivity contribution in [3.05, 3.63) is 6.33 Å². The van der Waals surface area contributed by atoms with Crippen LogP contribution in [-0.2, 0) is 9.53 Å². The summed E-state index contributed by atoms with van der Waals surface area (Å²) in [5, 5.41) is 5.49. The van der Waals surface area contributed by atoms with E-state index in [0.29, 0.717) is 5.13 Å². The second-order valence-electron chi connectivity index (χ2n) is 4.47. The number of hydrogen-bond donors (Lipinski definition) is 2. The van der Waals surface area contributed by atoms with Gasteiger partial charge in [0.15, 0.2) is 0 Å². The molecule has 18 heavy (non-hydrogen) atoms. The number of carbonyl (C=O) groups is 2. The van der Waals surface area contributed by atoms with E-state index in [1.165, 1.54) is 6.33 Å². The molecule has 0 aliphatic carbocycles. The highest BCUT2D eigenvalue weighted by Gasteiger charge is 2.15. The first kappa shape index (κ1) is 14.4. The summed E-state index contributed by atoms with van der Waals surface area (Å²) in [6.07, 6.45) is 0.976. The van der Waals surface area contributed by atoms with Crippen molar-refractivity contribution in [3.8, 4) is 0 Å². The minimum atomic E-state index is -0.543. The second-order valence-corrected chi connectivity index (χ2v) is 5.25. The Kier molecular flexibility index (Phi) is 5.02. The molecule has 1 rings (SSSR count). The first-order valence-corrected chi connectivity index (χ1v) is 6.17. The Labute approximate surface area is 109 Å². The van der Waals surface area contributed by atoms with Crippen LogP contribution in [0.1, 0.15) is 27.2 Å². The molecule has 8 heteroatoms. The highest BCUT2D eigenvalue weighted by atomic mass is 32.1. The lowest BCUT2D eigenvalue weighted by molar-refractivity contribution is -0.116. The third-order valence-corrected chi connectivity index (χ3v) is 2.21. The van der Waals surface area contributed by atoms with E-state index in [-0.39, 0.29) is 18.9 Å². The summed E-state index contributed by atoms with van der Waals surface area (Å²) < 4.78 is 8.77. The van der Waals surface area contributed by atoms with Gasteiger partial charge >= 0.3 is 6.09 Å².